The van der Waals surface area contributed by atoms with Crippen LogP contribution in [0, 0.1) is 11.8 Å². The molecule has 1 N–H and O–H groups in total. The minimum Gasteiger partial charge on any atom is -0.469 e. The molecule has 0 radical (unpaired) electrons. The molecule has 0 aliphatic heterocycles. The molecule has 0 spiro atoms. The Kier molecular flexibility index (Phi) is 17.8. The van der Waals surface area contributed by atoms with Gasteiger partial charge in [-0.25, -0.2) is 0 Å². The summed E-state index contributed by atoms with van der Waals surface area (Å²) in [6, 6.07) is 0. The summed E-state index contributed by atoms with van der Waals surface area (Å²) in [7, 11) is 1.45. The molecule has 0 amide bonds. The lowest BCUT2D eigenvalue weighted by Crippen LogP contribution is -2.09. The van der Waals surface area contributed by atoms with Crippen LogP contribution in [0.4, 0.5) is 0 Å². The summed E-state index contributed by atoms with van der Waals surface area (Å²) in [6.07, 6.45) is 17.9. The molecule has 0 aromatic rings. The van der Waals surface area contributed by atoms with E-state index in [9.17, 15) is 9.90 Å². The Bertz CT molecular complexity index is 291. The van der Waals surface area contributed by atoms with Crippen molar-refractivity contribution in [2.45, 2.75) is 110 Å². The molecule has 0 aromatic heterocycles. The van der Waals surface area contributed by atoms with Gasteiger partial charge in [0.25, 0.3) is 0 Å². The largest absolute Gasteiger partial charge is 0.469 e. The van der Waals surface area contributed by atoms with E-state index in [-0.39, 0.29) is 5.97 Å². The molecule has 150 valence electrons. The molecule has 3 heteroatoms. The predicted octanol–water partition coefficient (Wildman–Crippen LogP) is 6.28. The van der Waals surface area contributed by atoms with Crippen LogP contribution in [-0.2, 0) is 9.53 Å². The van der Waals surface area contributed by atoms with Gasteiger partial charge in [-0.1, -0.05) is 84.5 Å². The van der Waals surface area contributed by atoms with E-state index in [1.807, 2.05) is 0 Å². The van der Waals surface area contributed by atoms with Gasteiger partial charge in [0.15, 0.2) is 0 Å². The summed E-state index contributed by atoms with van der Waals surface area (Å²) in [5.74, 6) is 1.24. The molecule has 0 fully saturated rings. The zero-order valence-electron chi connectivity index (χ0n) is 17.2. The van der Waals surface area contributed by atoms with E-state index in [1.165, 1.54) is 77.7 Å². The monoisotopic (exact) mass is 356 g/mol. The van der Waals surface area contributed by atoms with Crippen LogP contribution in [0.25, 0.3) is 0 Å². The van der Waals surface area contributed by atoms with Crippen LogP contribution in [0.2, 0.25) is 0 Å². The van der Waals surface area contributed by atoms with Gasteiger partial charge in [-0.15, -0.1) is 0 Å². The number of aliphatic hydroxyl groups excluding tert-OH is 1. The van der Waals surface area contributed by atoms with Gasteiger partial charge in [-0.05, 0) is 31.1 Å². The number of ether oxygens (including phenoxy) is 1. The van der Waals surface area contributed by atoms with E-state index in [0.717, 1.165) is 25.2 Å². The van der Waals surface area contributed by atoms with E-state index in [0.29, 0.717) is 18.9 Å². The Morgan fingerprint density at radius 3 is 1.96 bits per heavy atom. The second-order valence-electron chi connectivity index (χ2n) is 7.63. The number of aliphatic hydroxyl groups is 1. The lowest BCUT2D eigenvalue weighted by molar-refractivity contribution is -0.140. The van der Waals surface area contributed by atoms with Gasteiger partial charge in [0.05, 0.1) is 7.11 Å². The Morgan fingerprint density at radius 2 is 1.36 bits per heavy atom. The number of hydrogen-bond donors (Lipinski definition) is 1. The van der Waals surface area contributed by atoms with E-state index in [1.54, 1.807) is 0 Å². The highest BCUT2D eigenvalue weighted by molar-refractivity contribution is 5.68. The highest BCUT2D eigenvalue weighted by Gasteiger charge is 2.12. The SMILES string of the molecule is CCCCCCC(CC)CCC(CO)CCCCCCCC(=O)OC. The van der Waals surface area contributed by atoms with Crippen molar-refractivity contribution < 1.29 is 14.6 Å². The highest BCUT2D eigenvalue weighted by atomic mass is 16.5. The topological polar surface area (TPSA) is 46.5 Å². The lowest BCUT2D eigenvalue weighted by atomic mass is 9.88. The zero-order valence-corrected chi connectivity index (χ0v) is 17.2. The molecule has 2 unspecified atom stereocenters. The number of carbonyl (C=O) groups excluding carboxylic acids is 1. The molecule has 0 saturated heterocycles. The third-order valence-electron chi connectivity index (χ3n) is 5.51. The van der Waals surface area contributed by atoms with Gasteiger partial charge in [0.2, 0.25) is 0 Å². The first-order chi connectivity index (χ1) is 12.2. The molecule has 0 aliphatic carbocycles. The fourth-order valence-electron chi connectivity index (χ4n) is 3.55. The maximum atomic E-state index is 11.0. The quantitative estimate of drug-likeness (QED) is 0.232. The molecule has 0 rings (SSSR count). The number of esters is 1. The summed E-state index contributed by atoms with van der Waals surface area (Å²) in [5, 5.41) is 9.64. The lowest BCUT2D eigenvalue weighted by Gasteiger charge is -2.19. The Hall–Kier alpha value is -0.570. The molecule has 3 nitrogen and oxygen atoms in total. The van der Waals surface area contributed by atoms with Crippen LogP contribution < -0.4 is 0 Å². The van der Waals surface area contributed by atoms with Crippen LogP contribution in [0.5, 0.6) is 0 Å². The van der Waals surface area contributed by atoms with Crippen molar-refractivity contribution >= 4 is 5.97 Å². The second kappa shape index (κ2) is 18.2. The maximum absolute atomic E-state index is 11.0. The summed E-state index contributed by atoms with van der Waals surface area (Å²) in [5.41, 5.74) is 0. The van der Waals surface area contributed by atoms with Gasteiger partial charge in [0, 0.05) is 13.0 Å². The second-order valence-corrected chi connectivity index (χ2v) is 7.63. The van der Waals surface area contributed by atoms with Crippen LogP contribution in [0.3, 0.4) is 0 Å². The molecule has 0 heterocycles. The molecule has 0 aromatic carbocycles. The van der Waals surface area contributed by atoms with Crippen molar-refractivity contribution in [3.05, 3.63) is 0 Å². The van der Waals surface area contributed by atoms with Gasteiger partial charge in [0.1, 0.15) is 0 Å². The van der Waals surface area contributed by atoms with Crippen molar-refractivity contribution in [1.29, 1.82) is 0 Å². The van der Waals surface area contributed by atoms with Crippen molar-refractivity contribution in [3.8, 4) is 0 Å². The maximum Gasteiger partial charge on any atom is 0.305 e. The van der Waals surface area contributed by atoms with Crippen LogP contribution in [-0.4, -0.2) is 24.8 Å². The molecule has 0 saturated carbocycles. The number of rotatable bonds is 18. The van der Waals surface area contributed by atoms with Crippen LogP contribution >= 0.6 is 0 Å². The van der Waals surface area contributed by atoms with Gasteiger partial charge < -0.3 is 9.84 Å². The standard InChI is InChI=1S/C22H44O3/c1-4-6-7-11-14-20(5-2)17-18-21(19-23)15-12-9-8-10-13-16-22(24)25-3/h20-21,23H,4-19H2,1-3H3. The smallest absolute Gasteiger partial charge is 0.305 e. The van der Waals surface area contributed by atoms with Crippen molar-refractivity contribution in [1.82, 2.24) is 0 Å². The highest BCUT2D eigenvalue weighted by Crippen LogP contribution is 2.24. The van der Waals surface area contributed by atoms with Crippen molar-refractivity contribution in [3.63, 3.8) is 0 Å². The first kappa shape index (κ1) is 24.4. The van der Waals surface area contributed by atoms with E-state index in [2.05, 4.69) is 18.6 Å². The Labute approximate surface area is 156 Å². The number of carbonyl (C=O) groups is 1. The number of methoxy groups -OCH3 is 1. The molecular formula is C22H44O3. The minimum atomic E-state index is -0.0967. The Morgan fingerprint density at radius 1 is 0.800 bits per heavy atom. The van der Waals surface area contributed by atoms with Gasteiger partial charge >= 0.3 is 5.97 Å². The summed E-state index contributed by atoms with van der Waals surface area (Å²) >= 11 is 0. The molecule has 2 atom stereocenters. The Balaban J connectivity index is 3.67. The van der Waals surface area contributed by atoms with E-state index >= 15 is 0 Å². The number of unbranched alkanes of at least 4 members (excludes halogenated alkanes) is 7. The molecule has 25 heavy (non-hydrogen) atoms. The fraction of sp³-hybridized carbons (Fsp3) is 0.955. The first-order valence-corrected chi connectivity index (χ1v) is 10.8. The summed E-state index contributed by atoms with van der Waals surface area (Å²) in [4.78, 5) is 11.0. The average Bonchev–Trinajstić information content (AvgIpc) is 2.64. The van der Waals surface area contributed by atoms with E-state index in [4.69, 9.17) is 0 Å². The van der Waals surface area contributed by atoms with Gasteiger partial charge in [-0.2, -0.15) is 0 Å². The van der Waals surface area contributed by atoms with Crippen LogP contribution in [0.1, 0.15) is 110 Å². The fourth-order valence-corrected chi connectivity index (χ4v) is 3.55. The molecule has 0 aliphatic rings. The van der Waals surface area contributed by atoms with Crippen LogP contribution in [0.15, 0.2) is 0 Å². The molecule has 0 bridgehead atoms. The van der Waals surface area contributed by atoms with E-state index < -0.39 is 0 Å². The van der Waals surface area contributed by atoms with Gasteiger partial charge in [-0.3, -0.25) is 4.79 Å². The molecular weight excluding hydrogens is 312 g/mol. The minimum absolute atomic E-state index is 0.0967. The average molecular weight is 357 g/mol. The zero-order chi connectivity index (χ0) is 18.8. The number of hydrogen-bond acceptors (Lipinski definition) is 3. The van der Waals surface area contributed by atoms with Crippen molar-refractivity contribution in [2.24, 2.45) is 11.8 Å². The first-order valence-electron chi connectivity index (χ1n) is 10.8. The summed E-state index contributed by atoms with van der Waals surface area (Å²) in [6.45, 7) is 4.92. The van der Waals surface area contributed by atoms with Crippen molar-refractivity contribution in [2.75, 3.05) is 13.7 Å². The third kappa shape index (κ3) is 15.4. The predicted molar refractivity (Wildman–Crippen MR) is 107 cm³/mol. The normalized spacial score (nSPS) is 13.6. The summed E-state index contributed by atoms with van der Waals surface area (Å²) < 4.78 is 4.65. The third-order valence-corrected chi connectivity index (χ3v) is 5.51.